The molecule has 3 atom stereocenters. The predicted molar refractivity (Wildman–Crippen MR) is 70.6 cm³/mol. The number of nitrogens with one attached hydrogen (secondary N) is 1. The molecule has 0 radical (unpaired) electrons. The average molecular weight is 231 g/mol. The molecule has 0 saturated heterocycles. The third kappa shape index (κ3) is 2.01. The second-order valence-electron chi connectivity index (χ2n) is 5.61. The first-order valence-corrected chi connectivity index (χ1v) is 6.67. The van der Waals surface area contributed by atoms with E-state index in [2.05, 4.69) is 24.4 Å². The molecule has 1 N–H and O–H groups in total. The molecule has 1 aromatic rings. The van der Waals surface area contributed by atoms with Crippen molar-refractivity contribution < 1.29 is 4.74 Å². The van der Waals surface area contributed by atoms with Crippen molar-refractivity contribution >= 4 is 5.69 Å². The minimum Gasteiger partial charge on any atom is -0.497 e. The van der Waals surface area contributed by atoms with E-state index < -0.39 is 0 Å². The van der Waals surface area contributed by atoms with Gasteiger partial charge in [0.2, 0.25) is 0 Å². The third-order valence-corrected chi connectivity index (χ3v) is 4.51. The van der Waals surface area contributed by atoms with Gasteiger partial charge >= 0.3 is 0 Å². The van der Waals surface area contributed by atoms with E-state index in [1.54, 1.807) is 7.11 Å². The predicted octanol–water partition coefficient (Wildman–Crippen LogP) is 3.60. The van der Waals surface area contributed by atoms with E-state index in [0.29, 0.717) is 6.04 Å². The normalized spacial score (nSPS) is 30.6. The maximum Gasteiger partial charge on any atom is 0.119 e. The molecule has 3 unspecified atom stereocenters. The monoisotopic (exact) mass is 231 g/mol. The second-order valence-corrected chi connectivity index (χ2v) is 5.61. The molecule has 0 aromatic heterocycles. The van der Waals surface area contributed by atoms with Crippen molar-refractivity contribution in [2.75, 3.05) is 12.4 Å². The lowest BCUT2D eigenvalue weighted by atomic mass is 9.95. The Balaban J connectivity index is 1.73. The molecule has 2 nitrogen and oxygen atoms in total. The van der Waals surface area contributed by atoms with Crippen molar-refractivity contribution in [2.24, 2.45) is 11.8 Å². The zero-order chi connectivity index (χ0) is 11.8. The van der Waals surface area contributed by atoms with Crippen LogP contribution in [0.5, 0.6) is 5.75 Å². The Morgan fingerprint density at radius 3 is 2.71 bits per heavy atom. The lowest BCUT2D eigenvalue weighted by Crippen LogP contribution is -2.26. The number of ether oxygens (including phenoxy) is 1. The minimum absolute atomic E-state index is 0.709. The molecular formula is C15H21NO. The Labute approximate surface area is 103 Å². The number of anilines is 1. The summed E-state index contributed by atoms with van der Waals surface area (Å²) in [5.41, 5.74) is 2.57. The Kier molecular flexibility index (Phi) is 2.73. The molecule has 0 heterocycles. The van der Waals surface area contributed by atoms with Gasteiger partial charge in [0.1, 0.15) is 5.75 Å². The fourth-order valence-electron chi connectivity index (χ4n) is 3.55. The van der Waals surface area contributed by atoms with E-state index in [1.165, 1.54) is 36.9 Å². The van der Waals surface area contributed by atoms with Gasteiger partial charge in [-0.05, 0) is 61.8 Å². The van der Waals surface area contributed by atoms with Crippen LogP contribution in [-0.2, 0) is 0 Å². The van der Waals surface area contributed by atoms with Crippen LogP contribution in [0, 0.1) is 18.8 Å². The maximum absolute atomic E-state index is 5.24. The molecule has 0 amide bonds. The lowest BCUT2D eigenvalue weighted by molar-refractivity contribution is 0.414. The summed E-state index contributed by atoms with van der Waals surface area (Å²) in [4.78, 5) is 0. The van der Waals surface area contributed by atoms with Crippen LogP contribution in [0.1, 0.15) is 31.2 Å². The van der Waals surface area contributed by atoms with Crippen molar-refractivity contribution in [2.45, 2.75) is 38.6 Å². The van der Waals surface area contributed by atoms with E-state index in [0.717, 1.165) is 17.6 Å². The lowest BCUT2D eigenvalue weighted by Gasteiger charge is -2.25. The zero-order valence-electron chi connectivity index (χ0n) is 10.7. The molecule has 0 aliphatic heterocycles. The molecular weight excluding hydrogens is 210 g/mol. The summed E-state index contributed by atoms with van der Waals surface area (Å²) < 4.78 is 5.24. The number of hydrogen-bond donors (Lipinski definition) is 1. The van der Waals surface area contributed by atoms with Gasteiger partial charge in [0.25, 0.3) is 0 Å². The van der Waals surface area contributed by atoms with Gasteiger partial charge in [-0.15, -0.1) is 0 Å². The van der Waals surface area contributed by atoms with Crippen LogP contribution in [-0.4, -0.2) is 13.2 Å². The molecule has 2 saturated carbocycles. The van der Waals surface area contributed by atoms with E-state index in [1.807, 2.05) is 6.07 Å². The summed E-state index contributed by atoms with van der Waals surface area (Å²) in [6.07, 6.45) is 5.71. The molecule has 2 aliphatic carbocycles. The summed E-state index contributed by atoms with van der Waals surface area (Å²) >= 11 is 0. The van der Waals surface area contributed by atoms with Gasteiger partial charge < -0.3 is 10.1 Å². The fraction of sp³-hybridized carbons (Fsp3) is 0.600. The van der Waals surface area contributed by atoms with Crippen molar-refractivity contribution in [1.29, 1.82) is 0 Å². The average Bonchev–Trinajstić information content (AvgIpc) is 2.93. The van der Waals surface area contributed by atoms with Crippen LogP contribution < -0.4 is 10.1 Å². The molecule has 0 spiro atoms. The summed E-state index contributed by atoms with van der Waals surface area (Å²) in [6.45, 7) is 2.15. The molecule has 1 aromatic carbocycles. The fourth-order valence-corrected chi connectivity index (χ4v) is 3.55. The van der Waals surface area contributed by atoms with Crippen molar-refractivity contribution in [3.05, 3.63) is 23.8 Å². The highest BCUT2D eigenvalue weighted by atomic mass is 16.5. The Bertz CT molecular complexity index is 415. The number of methoxy groups -OCH3 is 1. The third-order valence-electron chi connectivity index (χ3n) is 4.51. The molecule has 2 fully saturated rings. The number of rotatable bonds is 3. The molecule has 17 heavy (non-hydrogen) atoms. The maximum atomic E-state index is 5.24. The summed E-state index contributed by atoms with van der Waals surface area (Å²) in [7, 11) is 1.72. The number of hydrogen-bond acceptors (Lipinski definition) is 2. The minimum atomic E-state index is 0.709. The summed E-state index contributed by atoms with van der Waals surface area (Å²) in [5.74, 6) is 2.86. The van der Waals surface area contributed by atoms with E-state index in [4.69, 9.17) is 4.74 Å². The van der Waals surface area contributed by atoms with Gasteiger partial charge in [0.05, 0.1) is 7.11 Å². The van der Waals surface area contributed by atoms with E-state index >= 15 is 0 Å². The van der Waals surface area contributed by atoms with Crippen LogP contribution in [0.4, 0.5) is 5.69 Å². The highest BCUT2D eigenvalue weighted by Gasteiger charge is 2.39. The van der Waals surface area contributed by atoms with Gasteiger partial charge in [-0.1, -0.05) is 6.42 Å². The summed E-state index contributed by atoms with van der Waals surface area (Å²) in [6, 6.07) is 7.01. The van der Waals surface area contributed by atoms with Crippen LogP contribution in [0.15, 0.2) is 18.2 Å². The summed E-state index contributed by atoms with van der Waals surface area (Å²) in [5, 5.41) is 3.74. The van der Waals surface area contributed by atoms with Crippen LogP contribution in [0.3, 0.4) is 0 Å². The van der Waals surface area contributed by atoms with E-state index in [-0.39, 0.29) is 0 Å². The van der Waals surface area contributed by atoms with Crippen molar-refractivity contribution in [1.82, 2.24) is 0 Å². The highest BCUT2D eigenvalue weighted by Crippen LogP contribution is 2.45. The molecule has 2 heteroatoms. The van der Waals surface area contributed by atoms with Crippen LogP contribution in [0.25, 0.3) is 0 Å². The van der Waals surface area contributed by atoms with Gasteiger partial charge in [0, 0.05) is 11.7 Å². The first kappa shape index (κ1) is 10.9. The number of aryl methyl sites for hydroxylation is 1. The zero-order valence-corrected chi connectivity index (χ0v) is 10.7. The second kappa shape index (κ2) is 4.25. The van der Waals surface area contributed by atoms with Crippen LogP contribution >= 0.6 is 0 Å². The Morgan fingerprint density at radius 2 is 2.12 bits per heavy atom. The Hall–Kier alpha value is -1.18. The number of fused-ring (bicyclic) bond motifs is 2. The van der Waals surface area contributed by atoms with Crippen LogP contribution in [0.2, 0.25) is 0 Å². The molecule has 3 rings (SSSR count). The molecule has 2 bridgehead atoms. The van der Waals surface area contributed by atoms with Gasteiger partial charge in [-0.25, -0.2) is 0 Å². The quantitative estimate of drug-likeness (QED) is 0.858. The molecule has 92 valence electrons. The topological polar surface area (TPSA) is 21.3 Å². The van der Waals surface area contributed by atoms with Gasteiger partial charge in [-0.2, -0.15) is 0 Å². The molecule has 2 aliphatic rings. The van der Waals surface area contributed by atoms with Crippen molar-refractivity contribution in [3.63, 3.8) is 0 Å². The largest absolute Gasteiger partial charge is 0.497 e. The Morgan fingerprint density at radius 1 is 1.24 bits per heavy atom. The van der Waals surface area contributed by atoms with Crippen molar-refractivity contribution in [3.8, 4) is 5.75 Å². The highest BCUT2D eigenvalue weighted by molar-refractivity contribution is 5.54. The van der Waals surface area contributed by atoms with E-state index in [9.17, 15) is 0 Å². The first-order chi connectivity index (χ1) is 8.26. The standard InChI is InChI=1S/C15H21NO/c1-10-7-13(17-2)5-6-14(10)16-15-9-11-3-4-12(15)8-11/h5-7,11-12,15-16H,3-4,8-9H2,1-2H3. The SMILES string of the molecule is COc1ccc(NC2CC3CCC2C3)c(C)c1. The number of benzene rings is 1. The van der Waals surface area contributed by atoms with Gasteiger partial charge in [-0.3, -0.25) is 0 Å². The smallest absolute Gasteiger partial charge is 0.119 e. The van der Waals surface area contributed by atoms with Gasteiger partial charge in [0.15, 0.2) is 0 Å². The first-order valence-electron chi connectivity index (χ1n) is 6.67.